The average Bonchev–Trinajstić information content (AvgIpc) is 2.47. The molecule has 0 aliphatic heterocycles. The SMILES string of the molecule is O=C(O)Cn1ccc2ncc(Cl)nc21. The molecule has 0 bridgehead atoms. The van der Waals surface area contributed by atoms with Crippen molar-refractivity contribution in [3.8, 4) is 0 Å². The van der Waals surface area contributed by atoms with Gasteiger partial charge in [0.1, 0.15) is 17.2 Å². The molecule has 0 fully saturated rings. The molecule has 0 saturated carbocycles. The van der Waals surface area contributed by atoms with Gasteiger partial charge in [0.2, 0.25) is 0 Å². The molecule has 1 N–H and O–H groups in total. The first-order chi connectivity index (χ1) is 6.66. The Morgan fingerprint density at radius 3 is 3.14 bits per heavy atom. The van der Waals surface area contributed by atoms with E-state index in [0.29, 0.717) is 11.2 Å². The number of nitrogens with zero attached hydrogens (tertiary/aromatic N) is 3. The van der Waals surface area contributed by atoms with Crippen LogP contribution in [0.25, 0.3) is 11.2 Å². The number of fused-ring (bicyclic) bond motifs is 1. The normalized spacial score (nSPS) is 10.6. The highest BCUT2D eigenvalue weighted by Crippen LogP contribution is 2.13. The van der Waals surface area contributed by atoms with Gasteiger partial charge in [-0.15, -0.1) is 0 Å². The molecular formula is C8H6ClN3O2. The summed E-state index contributed by atoms with van der Waals surface area (Å²) in [7, 11) is 0. The van der Waals surface area contributed by atoms with E-state index >= 15 is 0 Å². The average molecular weight is 212 g/mol. The Morgan fingerprint density at radius 1 is 1.64 bits per heavy atom. The van der Waals surface area contributed by atoms with Crippen molar-refractivity contribution in [2.45, 2.75) is 6.54 Å². The van der Waals surface area contributed by atoms with Crippen molar-refractivity contribution in [2.75, 3.05) is 0 Å². The van der Waals surface area contributed by atoms with Crippen LogP contribution >= 0.6 is 11.6 Å². The standard InChI is InChI=1S/C8H6ClN3O2/c9-6-3-10-5-1-2-12(4-7(13)14)8(5)11-6/h1-3H,4H2,(H,13,14). The molecule has 14 heavy (non-hydrogen) atoms. The molecule has 72 valence electrons. The lowest BCUT2D eigenvalue weighted by Gasteiger charge is -1.99. The molecular weight excluding hydrogens is 206 g/mol. The number of carboxylic acid groups (broad SMARTS) is 1. The van der Waals surface area contributed by atoms with Gasteiger partial charge in [0.15, 0.2) is 5.65 Å². The zero-order valence-corrected chi connectivity index (χ0v) is 7.77. The van der Waals surface area contributed by atoms with Crippen LogP contribution in [0.5, 0.6) is 0 Å². The third-order valence-electron chi connectivity index (χ3n) is 1.74. The maximum atomic E-state index is 10.5. The van der Waals surface area contributed by atoms with E-state index in [1.807, 2.05) is 0 Å². The van der Waals surface area contributed by atoms with Gasteiger partial charge < -0.3 is 9.67 Å². The van der Waals surface area contributed by atoms with Gasteiger partial charge in [0.25, 0.3) is 0 Å². The molecule has 2 aromatic heterocycles. The third kappa shape index (κ3) is 1.54. The smallest absolute Gasteiger partial charge is 0.323 e. The fourth-order valence-electron chi connectivity index (χ4n) is 1.20. The lowest BCUT2D eigenvalue weighted by Crippen LogP contribution is -2.08. The van der Waals surface area contributed by atoms with E-state index < -0.39 is 5.97 Å². The maximum Gasteiger partial charge on any atom is 0.323 e. The number of carbonyl (C=O) groups is 1. The first-order valence-corrected chi connectivity index (χ1v) is 4.24. The van der Waals surface area contributed by atoms with Crippen LogP contribution in [0.1, 0.15) is 0 Å². The molecule has 0 spiro atoms. The van der Waals surface area contributed by atoms with Crippen molar-refractivity contribution >= 4 is 28.7 Å². The molecule has 0 radical (unpaired) electrons. The van der Waals surface area contributed by atoms with Gasteiger partial charge in [0.05, 0.1) is 6.20 Å². The lowest BCUT2D eigenvalue weighted by atomic mass is 10.5. The van der Waals surface area contributed by atoms with Gasteiger partial charge in [-0.05, 0) is 6.07 Å². The Morgan fingerprint density at radius 2 is 2.43 bits per heavy atom. The van der Waals surface area contributed by atoms with Crippen molar-refractivity contribution < 1.29 is 9.90 Å². The molecule has 6 heteroatoms. The topological polar surface area (TPSA) is 68.0 Å². The van der Waals surface area contributed by atoms with Gasteiger partial charge in [-0.25, -0.2) is 9.97 Å². The summed E-state index contributed by atoms with van der Waals surface area (Å²) in [5.74, 6) is -0.927. The number of rotatable bonds is 2. The van der Waals surface area contributed by atoms with Crippen LogP contribution in [0.15, 0.2) is 18.5 Å². The summed E-state index contributed by atoms with van der Waals surface area (Å²) in [5.41, 5.74) is 1.12. The number of halogens is 1. The highest BCUT2D eigenvalue weighted by molar-refractivity contribution is 6.29. The van der Waals surface area contributed by atoms with Crippen LogP contribution in [0.2, 0.25) is 5.15 Å². The number of aliphatic carboxylic acids is 1. The first-order valence-electron chi connectivity index (χ1n) is 3.86. The van der Waals surface area contributed by atoms with Crippen LogP contribution in [-0.4, -0.2) is 25.6 Å². The second-order valence-corrected chi connectivity index (χ2v) is 3.13. The summed E-state index contributed by atoms with van der Waals surface area (Å²) < 4.78 is 1.48. The minimum Gasteiger partial charge on any atom is -0.480 e. The van der Waals surface area contributed by atoms with Crippen molar-refractivity contribution in [1.82, 2.24) is 14.5 Å². The summed E-state index contributed by atoms with van der Waals surface area (Å²) in [6.07, 6.45) is 3.05. The van der Waals surface area contributed by atoms with Crippen molar-refractivity contribution in [3.05, 3.63) is 23.6 Å². The van der Waals surface area contributed by atoms with Crippen molar-refractivity contribution in [1.29, 1.82) is 0 Å². The fourth-order valence-corrected chi connectivity index (χ4v) is 1.33. The third-order valence-corrected chi connectivity index (χ3v) is 1.92. The van der Waals surface area contributed by atoms with Gasteiger partial charge in [0, 0.05) is 6.20 Å². The lowest BCUT2D eigenvalue weighted by molar-refractivity contribution is -0.137. The zero-order chi connectivity index (χ0) is 10.1. The molecule has 2 aromatic rings. The molecule has 0 aliphatic rings. The zero-order valence-electron chi connectivity index (χ0n) is 7.01. The summed E-state index contributed by atoms with van der Waals surface area (Å²) in [6.45, 7) is -0.140. The summed E-state index contributed by atoms with van der Waals surface area (Å²) in [4.78, 5) is 18.5. The van der Waals surface area contributed by atoms with Crippen LogP contribution in [0.4, 0.5) is 0 Å². The van der Waals surface area contributed by atoms with Gasteiger partial charge in [-0.3, -0.25) is 4.79 Å². The minimum atomic E-state index is -0.927. The van der Waals surface area contributed by atoms with Gasteiger partial charge in [-0.1, -0.05) is 11.6 Å². The molecule has 2 rings (SSSR count). The van der Waals surface area contributed by atoms with E-state index in [1.165, 1.54) is 10.8 Å². The molecule has 0 aliphatic carbocycles. The summed E-state index contributed by atoms with van der Waals surface area (Å²) in [5, 5.41) is 8.86. The second kappa shape index (κ2) is 3.26. The quantitative estimate of drug-likeness (QED) is 0.810. The number of aromatic nitrogens is 3. The Hall–Kier alpha value is -1.62. The largest absolute Gasteiger partial charge is 0.480 e. The van der Waals surface area contributed by atoms with Crippen LogP contribution < -0.4 is 0 Å². The van der Waals surface area contributed by atoms with Crippen LogP contribution in [0, 0.1) is 0 Å². The van der Waals surface area contributed by atoms with Crippen LogP contribution in [0.3, 0.4) is 0 Å². The molecule has 0 aromatic carbocycles. The van der Waals surface area contributed by atoms with Gasteiger partial charge >= 0.3 is 5.97 Å². The van der Waals surface area contributed by atoms with E-state index in [0.717, 1.165) is 0 Å². The fraction of sp³-hybridized carbons (Fsp3) is 0.125. The summed E-state index contributed by atoms with van der Waals surface area (Å²) in [6, 6.07) is 1.70. The number of hydrogen-bond acceptors (Lipinski definition) is 3. The predicted molar refractivity (Wildman–Crippen MR) is 50.2 cm³/mol. The second-order valence-electron chi connectivity index (χ2n) is 2.74. The number of carboxylic acids is 1. The monoisotopic (exact) mass is 211 g/mol. The van der Waals surface area contributed by atoms with E-state index in [-0.39, 0.29) is 11.7 Å². The molecule has 2 heterocycles. The molecule has 5 nitrogen and oxygen atoms in total. The van der Waals surface area contributed by atoms with E-state index in [2.05, 4.69) is 9.97 Å². The van der Waals surface area contributed by atoms with Crippen molar-refractivity contribution in [3.63, 3.8) is 0 Å². The van der Waals surface area contributed by atoms with E-state index in [9.17, 15) is 4.79 Å². The molecule has 0 saturated heterocycles. The Kier molecular flexibility index (Phi) is 2.09. The Labute approximate surface area is 84.0 Å². The van der Waals surface area contributed by atoms with Crippen molar-refractivity contribution in [2.24, 2.45) is 0 Å². The molecule has 0 atom stereocenters. The van der Waals surface area contributed by atoms with E-state index in [1.54, 1.807) is 12.3 Å². The number of hydrogen-bond donors (Lipinski definition) is 1. The maximum absolute atomic E-state index is 10.5. The van der Waals surface area contributed by atoms with Gasteiger partial charge in [-0.2, -0.15) is 0 Å². The molecule has 0 unspecified atom stereocenters. The highest BCUT2D eigenvalue weighted by Gasteiger charge is 2.06. The first kappa shape index (κ1) is 8.96. The Balaban J connectivity index is 2.55. The minimum absolute atomic E-state index is 0.140. The Bertz CT molecular complexity index is 494. The van der Waals surface area contributed by atoms with Crippen LogP contribution in [-0.2, 0) is 11.3 Å². The molecule has 0 amide bonds. The highest BCUT2D eigenvalue weighted by atomic mass is 35.5. The van der Waals surface area contributed by atoms with E-state index in [4.69, 9.17) is 16.7 Å². The predicted octanol–water partition coefficient (Wildman–Crippen LogP) is 1.17. The summed E-state index contributed by atoms with van der Waals surface area (Å²) >= 11 is 5.65.